The molecule has 18 heavy (non-hydrogen) atoms. The largest absolute Gasteiger partial charge is 0.483 e. The maximum Gasteiger partial charge on any atom is 0.260 e. The monoisotopic (exact) mass is 250 g/mol. The van der Waals surface area contributed by atoms with E-state index in [4.69, 9.17) is 9.84 Å². The number of hydrogen-bond acceptors (Lipinski definition) is 4. The zero-order chi connectivity index (χ0) is 12.8. The molecule has 1 aromatic rings. The number of amides is 1. The molecule has 0 aliphatic carbocycles. The van der Waals surface area contributed by atoms with Crippen LogP contribution in [0.25, 0.3) is 0 Å². The maximum atomic E-state index is 11.9. The van der Waals surface area contributed by atoms with E-state index in [9.17, 15) is 4.79 Å². The van der Waals surface area contributed by atoms with Crippen LogP contribution < -0.4 is 10.1 Å². The van der Waals surface area contributed by atoms with Crippen molar-refractivity contribution in [2.75, 3.05) is 32.8 Å². The Morgan fingerprint density at radius 3 is 2.78 bits per heavy atom. The fourth-order valence-corrected chi connectivity index (χ4v) is 1.92. The van der Waals surface area contributed by atoms with E-state index in [1.165, 1.54) is 0 Å². The van der Waals surface area contributed by atoms with Crippen molar-refractivity contribution in [2.45, 2.75) is 6.61 Å². The molecule has 0 atom stereocenters. The summed E-state index contributed by atoms with van der Waals surface area (Å²) in [6.45, 7) is 3.06. The van der Waals surface area contributed by atoms with Crippen LogP contribution in [0.15, 0.2) is 24.3 Å². The molecular formula is C13H18N2O3. The molecule has 1 aliphatic heterocycles. The summed E-state index contributed by atoms with van der Waals surface area (Å²) in [5.74, 6) is 0.563. The fraction of sp³-hybridized carbons (Fsp3) is 0.462. The number of benzene rings is 1. The van der Waals surface area contributed by atoms with Gasteiger partial charge in [0, 0.05) is 31.7 Å². The maximum absolute atomic E-state index is 11.9. The third-order valence-corrected chi connectivity index (χ3v) is 2.96. The molecule has 1 aliphatic rings. The molecule has 1 heterocycles. The Hall–Kier alpha value is -1.59. The molecule has 5 nitrogen and oxygen atoms in total. The molecule has 2 rings (SSSR count). The Bertz CT molecular complexity index is 403. The van der Waals surface area contributed by atoms with E-state index < -0.39 is 0 Å². The van der Waals surface area contributed by atoms with Crippen LogP contribution in [0.3, 0.4) is 0 Å². The third-order valence-electron chi connectivity index (χ3n) is 2.96. The predicted molar refractivity (Wildman–Crippen MR) is 67.3 cm³/mol. The first-order valence-corrected chi connectivity index (χ1v) is 6.11. The lowest BCUT2D eigenvalue weighted by Gasteiger charge is -2.27. The summed E-state index contributed by atoms with van der Waals surface area (Å²) in [6, 6.07) is 7.20. The van der Waals surface area contributed by atoms with Crippen LogP contribution in [-0.2, 0) is 11.4 Å². The SMILES string of the molecule is O=C(COc1ccccc1CO)N1CCNCC1. The highest BCUT2D eigenvalue weighted by molar-refractivity contribution is 5.77. The number of aliphatic hydroxyl groups is 1. The van der Waals surface area contributed by atoms with Crippen LogP contribution in [0.5, 0.6) is 5.75 Å². The van der Waals surface area contributed by atoms with Gasteiger partial charge in [-0.1, -0.05) is 18.2 Å². The summed E-state index contributed by atoms with van der Waals surface area (Å²) in [4.78, 5) is 13.7. The van der Waals surface area contributed by atoms with Gasteiger partial charge in [-0.25, -0.2) is 0 Å². The number of hydrogen-bond donors (Lipinski definition) is 2. The van der Waals surface area contributed by atoms with Gasteiger partial charge in [-0.3, -0.25) is 4.79 Å². The lowest BCUT2D eigenvalue weighted by molar-refractivity contribution is -0.133. The predicted octanol–water partition coefficient (Wildman–Crippen LogP) is -0.0105. The van der Waals surface area contributed by atoms with Crippen molar-refractivity contribution in [1.29, 1.82) is 0 Å². The summed E-state index contributed by atoms with van der Waals surface area (Å²) in [5.41, 5.74) is 0.700. The molecule has 98 valence electrons. The fourth-order valence-electron chi connectivity index (χ4n) is 1.92. The average Bonchev–Trinajstić information content (AvgIpc) is 2.46. The number of nitrogens with zero attached hydrogens (tertiary/aromatic N) is 1. The van der Waals surface area contributed by atoms with E-state index in [2.05, 4.69) is 5.32 Å². The highest BCUT2D eigenvalue weighted by Gasteiger charge is 2.16. The van der Waals surface area contributed by atoms with E-state index in [-0.39, 0.29) is 19.1 Å². The Balaban J connectivity index is 1.88. The van der Waals surface area contributed by atoms with Gasteiger partial charge in [0.05, 0.1) is 6.61 Å². The molecular weight excluding hydrogens is 232 g/mol. The number of piperazine rings is 1. The van der Waals surface area contributed by atoms with Gasteiger partial charge in [0.15, 0.2) is 6.61 Å². The van der Waals surface area contributed by atoms with Crippen molar-refractivity contribution < 1.29 is 14.6 Å². The summed E-state index contributed by atoms with van der Waals surface area (Å²) in [5, 5.41) is 12.3. The van der Waals surface area contributed by atoms with Crippen molar-refractivity contribution >= 4 is 5.91 Å². The van der Waals surface area contributed by atoms with E-state index in [1.807, 2.05) is 12.1 Å². The Kier molecular flexibility index (Phi) is 4.55. The first-order chi connectivity index (χ1) is 8.81. The zero-order valence-electron chi connectivity index (χ0n) is 10.3. The molecule has 0 radical (unpaired) electrons. The normalized spacial score (nSPS) is 15.5. The molecule has 2 N–H and O–H groups in total. The standard InChI is InChI=1S/C13H18N2O3/c16-9-11-3-1-2-4-12(11)18-10-13(17)15-7-5-14-6-8-15/h1-4,14,16H,5-10H2. The number of carbonyl (C=O) groups excluding carboxylic acids is 1. The minimum absolute atomic E-state index is 0.00996. The number of aliphatic hydroxyl groups excluding tert-OH is 1. The summed E-state index contributed by atoms with van der Waals surface area (Å²) < 4.78 is 5.47. The second kappa shape index (κ2) is 6.37. The van der Waals surface area contributed by atoms with Gasteiger partial charge in [-0.2, -0.15) is 0 Å². The summed E-state index contributed by atoms with van der Waals surface area (Å²) in [6.07, 6.45) is 0. The van der Waals surface area contributed by atoms with Crippen molar-refractivity contribution in [2.24, 2.45) is 0 Å². The molecule has 0 saturated carbocycles. The molecule has 1 aromatic carbocycles. The third kappa shape index (κ3) is 3.21. The van der Waals surface area contributed by atoms with Gasteiger partial charge in [-0.05, 0) is 6.07 Å². The summed E-state index contributed by atoms with van der Waals surface area (Å²) >= 11 is 0. The first-order valence-electron chi connectivity index (χ1n) is 6.11. The second-order valence-electron chi connectivity index (χ2n) is 4.19. The van der Waals surface area contributed by atoms with Crippen LogP contribution >= 0.6 is 0 Å². The highest BCUT2D eigenvalue weighted by atomic mass is 16.5. The minimum atomic E-state index is -0.0853. The summed E-state index contributed by atoms with van der Waals surface area (Å²) in [7, 11) is 0. The first kappa shape index (κ1) is 12.9. The quantitative estimate of drug-likeness (QED) is 0.789. The van der Waals surface area contributed by atoms with Crippen molar-refractivity contribution in [3.63, 3.8) is 0 Å². The molecule has 0 spiro atoms. The van der Waals surface area contributed by atoms with Gasteiger partial charge in [-0.15, -0.1) is 0 Å². The number of para-hydroxylation sites is 1. The molecule has 1 fully saturated rings. The van der Waals surface area contributed by atoms with Crippen LogP contribution in [0.2, 0.25) is 0 Å². The van der Waals surface area contributed by atoms with Gasteiger partial charge in [0.25, 0.3) is 5.91 Å². The number of ether oxygens (including phenoxy) is 1. The lowest BCUT2D eigenvalue weighted by Crippen LogP contribution is -2.47. The van der Waals surface area contributed by atoms with Crippen LogP contribution in [-0.4, -0.2) is 48.7 Å². The molecule has 0 bridgehead atoms. The van der Waals surface area contributed by atoms with Gasteiger partial charge >= 0.3 is 0 Å². The van der Waals surface area contributed by atoms with Gasteiger partial charge < -0.3 is 20.1 Å². The van der Waals surface area contributed by atoms with Gasteiger partial charge in [0.2, 0.25) is 0 Å². The molecule has 5 heteroatoms. The van der Waals surface area contributed by atoms with E-state index in [0.29, 0.717) is 11.3 Å². The highest BCUT2D eigenvalue weighted by Crippen LogP contribution is 2.17. The van der Waals surface area contributed by atoms with Crippen molar-refractivity contribution in [1.82, 2.24) is 10.2 Å². The van der Waals surface area contributed by atoms with Crippen LogP contribution in [0.4, 0.5) is 0 Å². The average molecular weight is 250 g/mol. The smallest absolute Gasteiger partial charge is 0.260 e. The van der Waals surface area contributed by atoms with Crippen LogP contribution in [0.1, 0.15) is 5.56 Å². The van der Waals surface area contributed by atoms with E-state index in [1.54, 1.807) is 17.0 Å². The second-order valence-corrected chi connectivity index (χ2v) is 4.19. The Morgan fingerprint density at radius 2 is 2.06 bits per heavy atom. The minimum Gasteiger partial charge on any atom is -0.483 e. The van der Waals surface area contributed by atoms with E-state index in [0.717, 1.165) is 26.2 Å². The van der Waals surface area contributed by atoms with Crippen molar-refractivity contribution in [3.8, 4) is 5.75 Å². The molecule has 1 amide bonds. The van der Waals surface area contributed by atoms with Gasteiger partial charge in [0.1, 0.15) is 5.75 Å². The molecule has 1 saturated heterocycles. The van der Waals surface area contributed by atoms with E-state index >= 15 is 0 Å². The molecule has 0 unspecified atom stereocenters. The Labute approximate surface area is 106 Å². The number of rotatable bonds is 4. The van der Waals surface area contributed by atoms with Crippen LogP contribution in [0, 0.1) is 0 Å². The number of carbonyl (C=O) groups is 1. The molecule has 0 aromatic heterocycles. The zero-order valence-corrected chi connectivity index (χ0v) is 10.3. The van der Waals surface area contributed by atoms with Crippen molar-refractivity contribution in [3.05, 3.63) is 29.8 Å². The Morgan fingerprint density at radius 1 is 1.33 bits per heavy atom. The topological polar surface area (TPSA) is 61.8 Å². The number of nitrogens with one attached hydrogen (secondary N) is 1. The lowest BCUT2D eigenvalue weighted by atomic mass is 10.2.